The Hall–Kier alpha value is -0.325. The Balaban J connectivity index is 2.76. The van der Waals surface area contributed by atoms with E-state index in [2.05, 4.69) is 13.0 Å². The normalized spacial score (nSPS) is 8.80. The topological polar surface area (TPSA) is 0 Å². The minimum absolute atomic E-state index is 1.17. The van der Waals surface area contributed by atoms with E-state index in [1.165, 1.54) is 38.4 Å². The number of rotatable bonds is 7. The fourth-order valence-electron chi connectivity index (χ4n) is 0.931. The van der Waals surface area contributed by atoms with Crippen LogP contribution < -0.4 is 0 Å². The van der Waals surface area contributed by atoms with Crippen LogP contribution in [0.2, 0.25) is 6.32 Å². The SMILES string of the molecule is C=BCCCCCCC=C. The molecule has 0 amide bonds. The summed E-state index contributed by atoms with van der Waals surface area (Å²) in [5.41, 5.74) is 0. The van der Waals surface area contributed by atoms with E-state index in [9.17, 15) is 0 Å². The van der Waals surface area contributed by atoms with Gasteiger partial charge >= 0.3 is 64.5 Å². The van der Waals surface area contributed by atoms with Crippen LogP contribution >= 0.6 is 0 Å². The van der Waals surface area contributed by atoms with Crippen molar-refractivity contribution in [2.75, 3.05) is 0 Å². The third-order valence-electron chi connectivity index (χ3n) is 1.57. The first-order valence-electron chi connectivity index (χ1n) is 4.13. The Morgan fingerprint density at radius 3 is 2.40 bits per heavy atom. The fraction of sp³-hybridized carbons (Fsp3) is 0.667. The van der Waals surface area contributed by atoms with Crippen molar-refractivity contribution in [2.24, 2.45) is 0 Å². The summed E-state index contributed by atoms with van der Waals surface area (Å²) in [6.45, 7) is 9.35. The zero-order valence-electron chi connectivity index (χ0n) is 6.81. The molecule has 0 radical (unpaired) electrons. The Morgan fingerprint density at radius 2 is 1.80 bits per heavy atom. The molecule has 0 atom stereocenters. The summed E-state index contributed by atoms with van der Waals surface area (Å²) in [4.78, 5) is 0. The van der Waals surface area contributed by atoms with Gasteiger partial charge in [0.15, 0.2) is 0 Å². The van der Waals surface area contributed by atoms with Gasteiger partial charge in [0.05, 0.1) is 0 Å². The molecule has 1 heteroatoms. The molecule has 0 saturated carbocycles. The predicted molar refractivity (Wildman–Crippen MR) is 51.0 cm³/mol. The van der Waals surface area contributed by atoms with Gasteiger partial charge < -0.3 is 0 Å². The van der Waals surface area contributed by atoms with Crippen molar-refractivity contribution in [3.63, 3.8) is 0 Å². The molecule has 0 nitrogen and oxygen atoms in total. The van der Waals surface area contributed by atoms with E-state index in [0.29, 0.717) is 0 Å². The number of hydrogen-bond donors (Lipinski definition) is 0. The third kappa shape index (κ3) is 7.67. The maximum atomic E-state index is 3.68. The van der Waals surface area contributed by atoms with Gasteiger partial charge in [-0.1, -0.05) is 0 Å². The van der Waals surface area contributed by atoms with Gasteiger partial charge in [0.25, 0.3) is 0 Å². The second-order valence-electron chi connectivity index (χ2n) is 2.57. The summed E-state index contributed by atoms with van der Waals surface area (Å²) in [5.74, 6) is 0. The molecule has 0 rings (SSSR count). The van der Waals surface area contributed by atoms with Crippen LogP contribution in [0.15, 0.2) is 12.7 Å². The molecule has 0 fully saturated rings. The zero-order valence-corrected chi connectivity index (χ0v) is 6.81. The predicted octanol–water partition coefficient (Wildman–Crippen LogP) is 2.68. The molecule has 10 heavy (non-hydrogen) atoms. The molecule has 0 aliphatic heterocycles. The van der Waals surface area contributed by atoms with Crippen LogP contribution in [-0.4, -0.2) is 13.4 Å². The van der Waals surface area contributed by atoms with E-state index < -0.39 is 0 Å². The monoisotopic (exact) mass is 136 g/mol. The molecule has 0 N–H and O–H groups in total. The zero-order chi connectivity index (χ0) is 7.66. The molecule has 0 aromatic heterocycles. The van der Waals surface area contributed by atoms with Crippen molar-refractivity contribution >= 4 is 13.4 Å². The summed E-state index contributed by atoms with van der Waals surface area (Å²) in [5, 5.41) is 0. The van der Waals surface area contributed by atoms with Gasteiger partial charge in [-0.15, -0.1) is 0 Å². The van der Waals surface area contributed by atoms with Gasteiger partial charge in [-0.05, 0) is 0 Å². The number of unbranched alkanes of at least 4 members (excludes halogenated alkanes) is 4. The van der Waals surface area contributed by atoms with E-state index in [1.807, 2.05) is 13.0 Å². The van der Waals surface area contributed by atoms with Crippen LogP contribution in [-0.2, 0) is 0 Å². The quantitative estimate of drug-likeness (QED) is 0.286. The molecule has 0 aliphatic carbocycles. The van der Waals surface area contributed by atoms with Crippen molar-refractivity contribution in [1.82, 2.24) is 0 Å². The first kappa shape index (κ1) is 9.67. The van der Waals surface area contributed by atoms with Gasteiger partial charge in [-0.3, -0.25) is 0 Å². The Labute approximate surface area is 65.2 Å². The first-order chi connectivity index (χ1) is 4.91. The standard InChI is InChI=1S/C9H17B/c1-3-4-5-6-7-8-9-10-2/h3H,1-2,4-9H2. The van der Waals surface area contributed by atoms with Crippen LogP contribution in [0.4, 0.5) is 0 Å². The van der Waals surface area contributed by atoms with Crippen LogP contribution in [0, 0.1) is 0 Å². The van der Waals surface area contributed by atoms with Crippen molar-refractivity contribution < 1.29 is 0 Å². The van der Waals surface area contributed by atoms with Crippen molar-refractivity contribution in [3.8, 4) is 0 Å². The summed E-state index contributed by atoms with van der Waals surface area (Å²) >= 11 is 0. The Morgan fingerprint density at radius 1 is 1.10 bits per heavy atom. The average molecular weight is 136 g/mol. The Kier molecular flexibility index (Phi) is 8.39. The van der Waals surface area contributed by atoms with Crippen molar-refractivity contribution in [1.29, 1.82) is 0 Å². The molecule has 0 aromatic rings. The summed E-state index contributed by atoms with van der Waals surface area (Å²) < 4.78 is 0. The summed E-state index contributed by atoms with van der Waals surface area (Å²) in [7, 11) is 0. The van der Waals surface area contributed by atoms with Crippen LogP contribution in [0.1, 0.15) is 32.1 Å². The van der Waals surface area contributed by atoms with E-state index in [4.69, 9.17) is 0 Å². The molecule has 0 aliphatic rings. The second-order valence-corrected chi connectivity index (χ2v) is 2.57. The molecular formula is C9H17B. The molecule has 0 heterocycles. The van der Waals surface area contributed by atoms with Crippen LogP contribution in [0.25, 0.3) is 0 Å². The van der Waals surface area contributed by atoms with Gasteiger partial charge in [-0.2, -0.15) is 0 Å². The maximum absolute atomic E-state index is 3.68. The summed E-state index contributed by atoms with van der Waals surface area (Å²) in [6, 6.07) is 0. The van der Waals surface area contributed by atoms with Crippen LogP contribution in [0.3, 0.4) is 0 Å². The minimum atomic E-state index is 1.17. The molecule has 0 spiro atoms. The molecule has 0 saturated heterocycles. The van der Waals surface area contributed by atoms with Gasteiger partial charge in [0, 0.05) is 0 Å². The van der Waals surface area contributed by atoms with E-state index in [1.54, 1.807) is 0 Å². The summed E-state index contributed by atoms with van der Waals surface area (Å²) in [6.07, 6.45) is 9.65. The molecule has 0 bridgehead atoms. The van der Waals surface area contributed by atoms with E-state index in [0.717, 1.165) is 0 Å². The molecular weight excluding hydrogens is 119 g/mol. The van der Waals surface area contributed by atoms with E-state index in [-0.39, 0.29) is 0 Å². The van der Waals surface area contributed by atoms with Crippen molar-refractivity contribution in [2.45, 2.75) is 38.4 Å². The molecule has 0 aromatic carbocycles. The fourth-order valence-corrected chi connectivity index (χ4v) is 0.931. The molecule has 56 valence electrons. The Bertz CT molecular complexity index is 74.7. The molecule has 0 unspecified atom stereocenters. The van der Waals surface area contributed by atoms with Gasteiger partial charge in [0.2, 0.25) is 0 Å². The van der Waals surface area contributed by atoms with Gasteiger partial charge in [0.1, 0.15) is 0 Å². The second kappa shape index (κ2) is 8.67. The third-order valence-corrected chi connectivity index (χ3v) is 1.57. The number of hydrogen-bond acceptors (Lipinski definition) is 0. The average Bonchev–Trinajstić information content (AvgIpc) is 1.97. The number of allylic oxidation sites excluding steroid dienone is 1. The van der Waals surface area contributed by atoms with Crippen LogP contribution in [0.5, 0.6) is 0 Å². The van der Waals surface area contributed by atoms with Gasteiger partial charge in [-0.25, -0.2) is 0 Å². The first-order valence-corrected chi connectivity index (χ1v) is 4.13. The van der Waals surface area contributed by atoms with E-state index >= 15 is 0 Å². The van der Waals surface area contributed by atoms with Crippen molar-refractivity contribution in [3.05, 3.63) is 12.7 Å².